The van der Waals surface area contributed by atoms with Crippen molar-refractivity contribution in [2.45, 2.75) is 12.5 Å². The van der Waals surface area contributed by atoms with Crippen molar-refractivity contribution in [1.82, 2.24) is 4.98 Å². The maximum absolute atomic E-state index is 5.47. The molecular weight excluding hydrogens is 246 g/mol. The molecule has 1 aliphatic rings. The highest BCUT2D eigenvalue weighted by molar-refractivity contribution is 9.10. The Morgan fingerprint density at radius 2 is 2.43 bits per heavy atom. The topological polar surface area (TPSA) is 60.5 Å². The van der Waals surface area contributed by atoms with Gasteiger partial charge in [0.15, 0.2) is 0 Å². The zero-order chi connectivity index (χ0) is 9.97. The molecule has 14 heavy (non-hydrogen) atoms. The van der Waals surface area contributed by atoms with E-state index >= 15 is 0 Å². The molecule has 0 fully saturated rings. The predicted molar refractivity (Wildman–Crippen MR) is 57.0 cm³/mol. The van der Waals surface area contributed by atoms with Crippen LogP contribution in [0.1, 0.15) is 12.1 Å². The number of rotatable bonds is 2. The first-order chi connectivity index (χ1) is 6.79. The Bertz CT molecular complexity index is 350. The number of halogens is 1. The number of nitrogens with zero attached hydrogens (tertiary/aromatic N) is 2. The van der Waals surface area contributed by atoms with Crippen molar-refractivity contribution in [2.75, 3.05) is 6.54 Å². The molecule has 0 saturated heterocycles. The molecular formula is C9H10BrN3O. The number of hydrogen-bond donors (Lipinski definition) is 1. The number of pyridine rings is 1. The summed E-state index contributed by atoms with van der Waals surface area (Å²) in [5, 5.41) is 3.95. The van der Waals surface area contributed by atoms with Crippen molar-refractivity contribution in [3.8, 4) is 0 Å². The van der Waals surface area contributed by atoms with Crippen LogP contribution in [0.4, 0.5) is 0 Å². The molecule has 0 spiro atoms. The standard InChI is InChI=1S/C9H10BrN3O/c10-6-1-2-8(12-5-6)9-3-7(4-11)14-13-9/h1-2,5,7H,3-4,11H2/t7-/m0/s1. The van der Waals surface area contributed by atoms with Crippen LogP contribution in [0.3, 0.4) is 0 Å². The Morgan fingerprint density at radius 1 is 1.57 bits per heavy atom. The highest BCUT2D eigenvalue weighted by Gasteiger charge is 2.21. The van der Waals surface area contributed by atoms with E-state index in [0.29, 0.717) is 6.54 Å². The number of oxime groups is 1. The van der Waals surface area contributed by atoms with Crippen LogP contribution in [0, 0.1) is 0 Å². The van der Waals surface area contributed by atoms with Gasteiger partial charge in [0.25, 0.3) is 0 Å². The second-order valence-corrected chi connectivity index (χ2v) is 3.98. The summed E-state index contributed by atoms with van der Waals surface area (Å²) in [5.74, 6) is 0. The second kappa shape index (κ2) is 4.06. The molecule has 0 radical (unpaired) electrons. The summed E-state index contributed by atoms with van der Waals surface area (Å²) in [4.78, 5) is 9.34. The first-order valence-electron chi connectivity index (χ1n) is 4.34. The molecule has 0 aliphatic carbocycles. The predicted octanol–water partition coefficient (Wildman–Crippen LogP) is 1.30. The Hall–Kier alpha value is -0.940. The molecule has 74 valence electrons. The van der Waals surface area contributed by atoms with Gasteiger partial charge < -0.3 is 10.6 Å². The second-order valence-electron chi connectivity index (χ2n) is 3.07. The van der Waals surface area contributed by atoms with Crippen LogP contribution in [0.25, 0.3) is 0 Å². The van der Waals surface area contributed by atoms with Gasteiger partial charge in [-0.05, 0) is 28.1 Å². The molecule has 0 amide bonds. The lowest BCUT2D eigenvalue weighted by atomic mass is 10.1. The molecule has 2 rings (SSSR count). The van der Waals surface area contributed by atoms with E-state index in [1.165, 1.54) is 0 Å². The minimum atomic E-state index is 0.00967. The molecule has 1 aliphatic heterocycles. The smallest absolute Gasteiger partial charge is 0.145 e. The molecule has 1 aromatic heterocycles. The fourth-order valence-electron chi connectivity index (χ4n) is 1.25. The van der Waals surface area contributed by atoms with Crippen molar-refractivity contribution in [3.05, 3.63) is 28.5 Å². The zero-order valence-corrected chi connectivity index (χ0v) is 9.07. The van der Waals surface area contributed by atoms with E-state index in [2.05, 4.69) is 26.1 Å². The SMILES string of the molecule is NC[C@@H]1CC(c2ccc(Br)cn2)=NO1. The van der Waals surface area contributed by atoms with Crippen LogP contribution in [-0.4, -0.2) is 23.3 Å². The van der Waals surface area contributed by atoms with E-state index < -0.39 is 0 Å². The Labute approximate surface area is 90.3 Å². The number of aromatic nitrogens is 1. The van der Waals surface area contributed by atoms with Gasteiger partial charge in [0.05, 0.1) is 5.69 Å². The van der Waals surface area contributed by atoms with Crippen LogP contribution >= 0.6 is 15.9 Å². The van der Waals surface area contributed by atoms with E-state index in [9.17, 15) is 0 Å². The van der Waals surface area contributed by atoms with Crippen molar-refractivity contribution < 1.29 is 4.84 Å². The molecule has 0 saturated carbocycles. The third-order valence-electron chi connectivity index (χ3n) is 2.02. The largest absolute Gasteiger partial charge is 0.390 e. The molecule has 4 nitrogen and oxygen atoms in total. The Morgan fingerprint density at radius 3 is 3.00 bits per heavy atom. The average molecular weight is 256 g/mol. The maximum atomic E-state index is 5.47. The fraction of sp³-hybridized carbons (Fsp3) is 0.333. The lowest BCUT2D eigenvalue weighted by Crippen LogP contribution is -2.20. The average Bonchev–Trinajstić information content (AvgIpc) is 2.67. The summed E-state index contributed by atoms with van der Waals surface area (Å²) >= 11 is 3.33. The van der Waals surface area contributed by atoms with E-state index in [0.717, 1.165) is 22.3 Å². The van der Waals surface area contributed by atoms with Gasteiger partial charge in [-0.1, -0.05) is 5.16 Å². The molecule has 2 heterocycles. The monoisotopic (exact) mass is 255 g/mol. The normalized spacial score (nSPS) is 20.4. The van der Waals surface area contributed by atoms with Gasteiger partial charge in [-0.25, -0.2) is 0 Å². The van der Waals surface area contributed by atoms with Crippen LogP contribution in [0.15, 0.2) is 28.0 Å². The zero-order valence-electron chi connectivity index (χ0n) is 7.48. The van der Waals surface area contributed by atoms with Crippen LogP contribution in [0.2, 0.25) is 0 Å². The van der Waals surface area contributed by atoms with E-state index in [1.54, 1.807) is 6.20 Å². The highest BCUT2D eigenvalue weighted by Crippen LogP contribution is 2.15. The Kier molecular flexibility index (Phi) is 2.79. The molecule has 1 atom stereocenters. The molecule has 0 aromatic carbocycles. The van der Waals surface area contributed by atoms with E-state index in [4.69, 9.17) is 10.6 Å². The summed E-state index contributed by atoms with van der Waals surface area (Å²) in [6.07, 6.45) is 2.49. The number of nitrogens with two attached hydrogens (primary N) is 1. The van der Waals surface area contributed by atoms with E-state index in [-0.39, 0.29) is 6.10 Å². The van der Waals surface area contributed by atoms with Crippen LogP contribution < -0.4 is 5.73 Å². The summed E-state index contributed by atoms with van der Waals surface area (Å²) in [6, 6.07) is 3.84. The summed E-state index contributed by atoms with van der Waals surface area (Å²) in [7, 11) is 0. The quantitative estimate of drug-likeness (QED) is 0.867. The van der Waals surface area contributed by atoms with Crippen molar-refractivity contribution in [1.29, 1.82) is 0 Å². The first kappa shape index (κ1) is 9.61. The van der Waals surface area contributed by atoms with Gasteiger partial charge in [-0.3, -0.25) is 4.98 Å². The van der Waals surface area contributed by atoms with Crippen molar-refractivity contribution in [2.24, 2.45) is 10.9 Å². The van der Waals surface area contributed by atoms with Crippen molar-refractivity contribution in [3.63, 3.8) is 0 Å². The minimum absolute atomic E-state index is 0.00967. The molecule has 0 unspecified atom stereocenters. The molecule has 2 N–H and O–H groups in total. The summed E-state index contributed by atoms with van der Waals surface area (Å²) in [6.45, 7) is 0.490. The minimum Gasteiger partial charge on any atom is -0.390 e. The van der Waals surface area contributed by atoms with Gasteiger partial charge in [0.1, 0.15) is 11.8 Å². The first-order valence-corrected chi connectivity index (χ1v) is 5.13. The van der Waals surface area contributed by atoms with Gasteiger partial charge >= 0.3 is 0 Å². The van der Waals surface area contributed by atoms with Gasteiger partial charge in [-0.15, -0.1) is 0 Å². The van der Waals surface area contributed by atoms with E-state index in [1.807, 2.05) is 12.1 Å². The fourth-order valence-corrected chi connectivity index (χ4v) is 1.49. The van der Waals surface area contributed by atoms with Gasteiger partial charge in [0, 0.05) is 23.6 Å². The number of hydrogen-bond acceptors (Lipinski definition) is 4. The molecule has 5 heteroatoms. The van der Waals surface area contributed by atoms with Gasteiger partial charge in [-0.2, -0.15) is 0 Å². The Balaban J connectivity index is 2.13. The van der Waals surface area contributed by atoms with Gasteiger partial charge in [0.2, 0.25) is 0 Å². The molecule has 1 aromatic rings. The summed E-state index contributed by atoms with van der Waals surface area (Å²) < 4.78 is 0.955. The highest BCUT2D eigenvalue weighted by atomic mass is 79.9. The third-order valence-corrected chi connectivity index (χ3v) is 2.49. The maximum Gasteiger partial charge on any atom is 0.145 e. The lowest BCUT2D eigenvalue weighted by molar-refractivity contribution is 0.0918. The molecule has 0 bridgehead atoms. The summed E-state index contributed by atoms with van der Waals surface area (Å²) in [5.41, 5.74) is 7.19. The van der Waals surface area contributed by atoms with Crippen molar-refractivity contribution >= 4 is 21.6 Å². The lowest BCUT2D eigenvalue weighted by Gasteiger charge is -2.01. The third kappa shape index (κ3) is 1.93. The van der Waals surface area contributed by atoms with Crippen LogP contribution in [0.5, 0.6) is 0 Å². The van der Waals surface area contributed by atoms with Crippen LogP contribution in [-0.2, 0) is 4.84 Å².